The van der Waals surface area contributed by atoms with Crippen molar-refractivity contribution in [3.63, 3.8) is 0 Å². The highest BCUT2D eigenvalue weighted by atomic mass is 16.4. The van der Waals surface area contributed by atoms with Crippen molar-refractivity contribution in [2.45, 2.75) is 38.6 Å². The van der Waals surface area contributed by atoms with E-state index in [-0.39, 0.29) is 6.04 Å². The average Bonchev–Trinajstić information content (AvgIpc) is 2.92. The van der Waals surface area contributed by atoms with Crippen molar-refractivity contribution in [2.24, 2.45) is 5.92 Å². The van der Waals surface area contributed by atoms with Crippen molar-refractivity contribution in [3.8, 4) is 5.69 Å². The Balaban J connectivity index is 1.87. The number of fused-ring (bicyclic) bond motifs is 3. The number of aromatic nitrogens is 2. The molecule has 0 unspecified atom stereocenters. The number of carbonyl (C=O) groups excluding carboxylic acids is 1. The van der Waals surface area contributed by atoms with Crippen LogP contribution in [0.3, 0.4) is 0 Å². The summed E-state index contributed by atoms with van der Waals surface area (Å²) in [5.41, 5.74) is 2.99. The van der Waals surface area contributed by atoms with Gasteiger partial charge in [0.25, 0.3) is 0 Å². The predicted octanol–water partition coefficient (Wildman–Crippen LogP) is 1.46. The molecule has 2 atom stereocenters. The molecule has 2 aromatic rings. The number of aryl methyl sites for hydroxylation is 1. The minimum absolute atomic E-state index is 0.0276. The Hall–Kier alpha value is -2.30. The van der Waals surface area contributed by atoms with Crippen molar-refractivity contribution < 1.29 is 9.90 Å². The number of carbonyl (C=O) groups is 1. The van der Waals surface area contributed by atoms with Crippen LogP contribution in [-0.2, 0) is 11.2 Å². The molecule has 1 aromatic carbocycles. The number of carboxylic acid groups (broad SMARTS) is 1. The van der Waals surface area contributed by atoms with Gasteiger partial charge < -0.3 is 14.8 Å². The van der Waals surface area contributed by atoms with Gasteiger partial charge >= 0.3 is 0 Å². The van der Waals surface area contributed by atoms with Gasteiger partial charge in [0.15, 0.2) is 0 Å². The zero-order valence-corrected chi connectivity index (χ0v) is 13.2. The molecule has 5 nitrogen and oxygen atoms in total. The largest absolute Gasteiger partial charge is 0.550 e. The van der Waals surface area contributed by atoms with Crippen molar-refractivity contribution in [1.82, 2.24) is 9.78 Å². The van der Waals surface area contributed by atoms with Gasteiger partial charge in [-0.05, 0) is 44.7 Å². The molecule has 0 N–H and O–H groups in total. The fourth-order valence-corrected chi connectivity index (χ4v) is 4.07. The molecule has 0 bridgehead atoms. The number of piperidine rings is 1. The lowest BCUT2D eigenvalue weighted by molar-refractivity contribution is -0.312. The highest BCUT2D eigenvalue weighted by Crippen LogP contribution is 2.40. The van der Waals surface area contributed by atoms with E-state index in [4.69, 9.17) is 5.10 Å². The van der Waals surface area contributed by atoms with Gasteiger partial charge in [0.2, 0.25) is 0 Å². The summed E-state index contributed by atoms with van der Waals surface area (Å²) in [6, 6.07) is 10.1. The molecular weight excluding hydrogens is 290 g/mol. The van der Waals surface area contributed by atoms with Gasteiger partial charge in [0.1, 0.15) is 5.82 Å². The second-order valence-corrected chi connectivity index (χ2v) is 6.52. The van der Waals surface area contributed by atoms with Crippen LogP contribution in [0.25, 0.3) is 5.69 Å². The van der Waals surface area contributed by atoms with Crippen LogP contribution in [0.5, 0.6) is 0 Å². The third-order valence-corrected chi connectivity index (χ3v) is 5.17. The van der Waals surface area contributed by atoms with Crippen molar-refractivity contribution >= 4 is 11.8 Å². The summed E-state index contributed by atoms with van der Waals surface area (Å²) in [5, 5.41) is 16.4. The van der Waals surface area contributed by atoms with Gasteiger partial charge in [-0.15, -0.1) is 0 Å². The molecule has 0 radical (unpaired) electrons. The molecule has 4 rings (SSSR count). The zero-order valence-electron chi connectivity index (χ0n) is 13.2. The molecule has 120 valence electrons. The molecule has 1 saturated heterocycles. The maximum Gasteiger partial charge on any atom is 0.136 e. The zero-order chi connectivity index (χ0) is 16.0. The molecule has 1 fully saturated rings. The Bertz CT molecular complexity index is 738. The predicted molar refractivity (Wildman–Crippen MR) is 85.5 cm³/mol. The monoisotopic (exact) mass is 310 g/mol. The molecule has 3 heterocycles. The molecule has 1 aromatic heterocycles. The van der Waals surface area contributed by atoms with Crippen molar-refractivity contribution in [1.29, 1.82) is 0 Å². The first-order chi connectivity index (χ1) is 11.2. The molecular formula is C18H20N3O2-. The lowest BCUT2D eigenvalue weighted by atomic mass is 9.82. The van der Waals surface area contributed by atoms with Gasteiger partial charge in [-0.25, -0.2) is 4.68 Å². The van der Waals surface area contributed by atoms with Crippen LogP contribution in [0, 0.1) is 12.8 Å². The first-order valence-corrected chi connectivity index (χ1v) is 8.28. The number of aliphatic carboxylic acids is 1. The quantitative estimate of drug-likeness (QED) is 0.842. The summed E-state index contributed by atoms with van der Waals surface area (Å²) < 4.78 is 1.98. The standard InChI is InChI=1S/C18H21N3O2/c1-12-14-11-15(18(22)23)16-9-5-6-10-20(16)17(14)21(19-12)13-7-3-2-4-8-13/h2-4,7-8,15-16H,5-6,9-11H2,1H3,(H,22,23)/p-1/t15-,16-/m1/s1. The molecule has 2 aliphatic rings. The number of hydrogen-bond donors (Lipinski definition) is 0. The Labute approximate surface area is 135 Å². The van der Waals surface area contributed by atoms with E-state index in [0.717, 1.165) is 48.6 Å². The first kappa shape index (κ1) is 14.3. The summed E-state index contributed by atoms with van der Waals surface area (Å²) in [6.45, 7) is 2.86. The van der Waals surface area contributed by atoms with Gasteiger partial charge in [0.05, 0.1) is 11.4 Å². The Morgan fingerprint density at radius 3 is 2.78 bits per heavy atom. The molecule has 2 aliphatic heterocycles. The van der Waals surface area contributed by atoms with E-state index in [2.05, 4.69) is 4.90 Å². The molecule has 23 heavy (non-hydrogen) atoms. The maximum absolute atomic E-state index is 11.6. The topological polar surface area (TPSA) is 61.2 Å². The fraction of sp³-hybridized carbons (Fsp3) is 0.444. The highest BCUT2D eigenvalue weighted by molar-refractivity contribution is 5.73. The molecule has 0 spiro atoms. The number of rotatable bonds is 2. The van der Waals surface area contributed by atoms with Gasteiger partial charge in [0, 0.05) is 30.0 Å². The summed E-state index contributed by atoms with van der Waals surface area (Å²) in [7, 11) is 0. The summed E-state index contributed by atoms with van der Waals surface area (Å²) in [4.78, 5) is 13.9. The van der Waals surface area contributed by atoms with Gasteiger partial charge in [-0.1, -0.05) is 18.2 Å². The molecule has 0 amide bonds. The van der Waals surface area contributed by atoms with Crippen LogP contribution < -0.4 is 10.0 Å². The average molecular weight is 310 g/mol. The Morgan fingerprint density at radius 1 is 1.26 bits per heavy atom. The number of benzene rings is 1. The first-order valence-electron chi connectivity index (χ1n) is 8.28. The number of nitrogens with zero attached hydrogens (tertiary/aromatic N) is 3. The summed E-state index contributed by atoms with van der Waals surface area (Å²) >= 11 is 0. The van der Waals surface area contributed by atoms with Crippen LogP contribution in [-0.4, -0.2) is 28.3 Å². The van der Waals surface area contributed by atoms with Gasteiger partial charge in [-0.2, -0.15) is 5.10 Å². The van der Waals surface area contributed by atoms with Crippen LogP contribution in [0.1, 0.15) is 30.5 Å². The van der Waals surface area contributed by atoms with E-state index in [0.29, 0.717) is 6.42 Å². The van der Waals surface area contributed by atoms with Crippen molar-refractivity contribution in [2.75, 3.05) is 11.4 Å². The summed E-state index contributed by atoms with van der Waals surface area (Å²) in [5.74, 6) is -0.287. The lowest BCUT2D eigenvalue weighted by Gasteiger charge is -2.46. The third kappa shape index (κ3) is 2.22. The van der Waals surface area contributed by atoms with E-state index >= 15 is 0 Å². The minimum Gasteiger partial charge on any atom is -0.550 e. The second kappa shape index (κ2) is 5.41. The van der Waals surface area contributed by atoms with Crippen LogP contribution in [0.15, 0.2) is 30.3 Å². The number of para-hydroxylation sites is 1. The maximum atomic E-state index is 11.6. The number of anilines is 1. The van der Waals surface area contributed by atoms with E-state index in [1.807, 2.05) is 41.9 Å². The van der Waals surface area contributed by atoms with E-state index in [9.17, 15) is 9.90 Å². The normalized spacial score (nSPS) is 23.3. The van der Waals surface area contributed by atoms with E-state index in [1.165, 1.54) is 0 Å². The number of hydrogen-bond acceptors (Lipinski definition) is 4. The summed E-state index contributed by atoms with van der Waals surface area (Å²) in [6.07, 6.45) is 3.61. The smallest absolute Gasteiger partial charge is 0.136 e. The molecule has 0 aliphatic carbocycles. The van der Waals surface area contributed by atoms with Gasteiger partial charge in [-0.3, -0.25) is 0 Å². The van der Waals surface area contributed by atoms with Crippen LogP contribution in [0.2, 0.25) is 0 Å². The van der Waals surface area contributed by atoms with Crippen molar-refractivity contribution in [3.05, 3.63) is 41.6 Å². The van der Waals surface area contributed by atoms with Crippen LogP contribution >= 0.6 is 0 Å². The Morgan fingerprint density at radius 2 is 2.04 bits per heavy atom. The van der Waals surface area contributed by atoms with E-state index in [1.54, 1.807) is 0 Å². The Kier molecular flexibility index (Phi) is 3.36. The number of carboxylic acids is 1. The SMILES string of the molecule is Cc1nn(-c2ccccc2)c2c1C[C@@H](C(=O)[O-])[C@H]1CCCCN21. The highest BCUT2D eigenvalue weighted by Gasteiger charge is 2.40. The fourth-order valence-electron chi connectivity index (χ4n) is 4.07. The van der Waals surface area contributed by atoms with Crippen LogP contribution in [0.4, 0.5) is 5.82 Å². The lowest BCUT2D eigenvalue weighted by Crippen LogP contribution is -2.54. The van der Waals surface area contributed by atoms with E-state index < -0.39 is 11.9 Å². The molecule has 0 saturated carbocycles. The third-order valence-electron chi connectivity index (χ3n) is 5.17. The molecule has 5 heteroatoms. The second-order valence-electron chi connectivity index (χ2n) is 6.52. The minimum atomic E-state index is -0.931.